The molecule has 0 aliphatic heterocycles. The minimum Gasteiger partial charge on any atom is -0.337 e. The summed E-state index contributed by atoms with van der Waals surface area (Å²) in [6.07, 6.45) is 0. The van der Waals surface area contributed by atoms with Gasteiger partial charge in [-0.2, -0.15) is 0 Å². The molecular weight excluding hydrogens is 364 g/mol. The summed E-state index contributed by atoms with van der Waals surface area (Å²) < 4.78 is 3.37. The lowest BCUT2D eigenvalue weighted by Crippen LogP contribution is -2.03. The number of nitrogens with zero attached hydrogens (tertiary/aromatic N) is 2. The Morgan fingerprint density at radius 2 is 1.36 bits per heavy atom. The smallest absolute Gasteiger partial charge is 0.180 e. The molecule has 0 aliphatic carbocycles. The summed E-state index contributed by atoms with van der Waals surface area (Å²) in [5.74, 6) is 1.43. The van der Waals surface area contributed by atoms with Crippen LogP contribution in [0.1, 0.15) is 16.7 Å². The fourth-order valence-corrected chi connectivity index (χ4v) is 3.58. The van der Waals surface area contributed by atoms with Gasteiger partial charge in [0.15, 0.2) is 11.6 Å². The van der Waals surface area contributed by atoms with Gasteiger partial charge in [0.25, 0.3) is 0 Å². The van der Waals surface area contributed by atoms with Crippen LogP contribution in [0.15, 0.2) is 71.6 Å². The van der Waals surface area contributed by atoms with E-state index in [1.807, 2.05) is 24.3 Å². The van der Waals surface area contributed by atoms with Crippen molar-refractivity contribution in [3.63, 3.8) is 0 Å². The summed E-state index contributed by atoms with van der Waals surface area (Å²) in [6, 6.07) is 22.6. The second kappa shape index (κ2) is 7.90. The van der Waals surface area contributed by atoms with E-state index in [4.69, 9.17) is 9.97 Å². The van der Waals surface area contributed by atoms with E-state index in [-0.39, 0.29) is 0 Å². The van der Waals surface area contributed by atoms with Crippen LogP contribution in [0.3, 0.4) is 0 Å². The first kappa shape index (κ1) is 18.3. The van der Waals surface area contributed by atoms with Crippen molar-refractivity contribution in [3.05, 3.63) is 83.4 Å². The normalized spacial score (nSPS) is 10.8. The van der Waals surface area contributed by atoms with E-state index in [0.717, 1.165) is 21.6 Å². The summed E-state index contributed by atoms with van der Waals surface area (Å²) in [6.45, 7) is 6.28. The Morgan fingerprint density at radius 3 is 2.04 bits per heavy atom. The SMILES string of the molecule is Cc1ccc(SNc2nc3ccccc3nc2Nc2ccc(C)cc2C)cc1. The van der Waals surface area contributed by atoms with E-state index in [1.54, 1.807) is 0 Å². The van der Waals surface area contributed by atoms with Crippen molar-refractivity contribution in [3.8, 4) is 0 Å². The molecule has 3 aromatic carbocycles. The second-order valence-electron chi connectivity index (χ2n) is 6.87. The zero-order valence-electron chi connectivity index (χ0n) is 16.2. The van der Waals surface area contributed by atoms with Crippen LogP contribution in [0.4, 0.5) is 17.3 Å². The van der Waals surface area contributed by atoms with Gasteiger partial charge in [-0.05, 0) is 68.6 Å². The first-order chi connectivity index (χ1) is 13.6. The molecule has 0 spiro atoms. The van der Waals surface area contributed by atoms with Crippen molar-refractivity contribution >= 4 is 40.3 Å². The molecule has 1 heterocycles. The molecule has 0 amide bonds. The molecule has 4 aromatic rings. The topological polar surface area (TPSA) is 49.8 Å². The van der Waals surface area contributed by atoms with Crippen LogP contribution in [0, 0.1) is 20.8 Å². The number of aryl methyl sites for hydroxylation is 3. The van der Waals surface area contributed by atoms with Gasteiger partial charge >= 0.3 is 0 Å². The Morgan fingerprint density at radius 1 is 0.714 bits per heavy atom. The predicted octanol–water partition coefficient (Wildman–Crippen LogP) is 6.42. The first-order valence-electron chi connectivity index (χ1n) is 9.19. The number of hydrogen-bond acceptors (Lipinski definition) is 5. The highest BCUT2D eigenvalue weighted by Gasteiger charge is 2.11. The van der Waals surface area contributed by atoms with E-state index < -0.39 is 0 Å². The van der Waals surface area contributed by atoms with E-state index in [2.05, 4.69) is 73.3 Å². The number of aromatic nitrogens is 2. The quantitative estimate of drug-likeness (QED) is 0.388. The van der Waals surface area contributed by atoms with Crippen LogP contribution in [0.2, 0.25) is 0 Å². The van der Waals surface area contributed by atoms with Crippen molar-refractivity contribution in [2.75, 3.05) is 10.0 Å². The third kappa shape index (κ3) is 4.10. The summed E-state index contributed by atoms with van der Waals surface area (Å²) in [5, 5.41) is 3.46. The lowest BCUT2D eigenvalue weighted by atomic mass is 10.1. The van der Waals surface area contributed by atoms with Gasteiger partial charge in [0.05, 0.1) is 11.0 Å². The Bertz CT molecular complexity index is 1120. The Balaban J connectivity index is 1.68. The second-order valence-corrected chi connectivity index (χ2v) is 7.75. The molecule has 0 unspecified atom stereocenters. The van der Waals surface area contributed by atoms with Crippen molar-refractivity contribution in [1.29, 1.82) is 0 Å². The van der Waals surface area contributed by atoms with Gasteiger partial charge in [0, 0.05) is 10.6 Å². The molecule has 0 fully saturated rings. The highest BCUT2D eigenvalue weighted by Crippen LogP contribution is 2.30. The molecule has 0 saturated carbocycles. The first-order valence-corrected chi connectivity index (χ1v) is 10.0. The molecule has 0 aliphatic rings. The minimum atomic E-state index is 0.712. The molecule has 4 rings (SSSR count). The van der Waals surface area contributed by atoms with Gasteiger partial charge in [-0.3, -0.25) is 0 Å². The molecule has 4 nitrogen and oxygen atoms in total. The zero-order valence-corrected chi connectivity index (χ0v) is 17.0. The zero-order chi connectivity index (χ0) is 19.5. The molecule has 0 radical (unpaired) electrons. The van der Waals surface area contributed by atoms with Crippen LogP contribution in [0.25, 0.3) is 11.0 Å². The summed E-state index contributed by atoms with van der Waals surface area (Å²) in [4.78, 5) is 10.7. The number of hydrogen-bond donors (Lipinski definition) is 2. The van der Waals surface area contributed by atoms with Crippen molar-refractivity contribution in [1.82, 2.24) is 9.97 Å². The van der Waals surface area contributed by atoms with Crippen LogP contribution in [-0.2, 0) is 0 Å². The Hall–Kier alpha value is -3.05. The Labute approximate surface area is 169 Å². The van der Waals surface area contributed by atoms with Crippen molar-refractivity contribution in [2.24, 2.45) is 0 Å². The lowest BCUT2D eigenvalue weighted by Gasteiger charge is -2.14. The minimum absolute atomic E-state index is 0.712. The van der Waals surface area contributed by atoms with Gasteiger partial charge in [0.2, 0.25) is 0 Å². The number of para-hydroxylation sites is 2. The Kier molecular flexibility index (Phi) is 5.17. The van der Waals surface area contributed by atoms with Gasteiger partial charge < -0.3 is 10.0 Å². The highest BCUT2D eigenvalue weighted by atomic mass is 32.2. The molecule has 140 valence electrons. The molecule has 1 aromatic heterocycles. The molecule has 2 N–H and O–H groups in total. The molecule has 28 heavy (non-hydrogen) atoms. The van der Waals surface area contributed by atoms with Crippen molar-refractivity contribution in [2.45, 2.75) is 25.7 Å². The van der Waals surface area contributed by atoms with Gasteiger partial charge in [0.1, 0.15) is 0 Å². The fraction of sp³-hybridized carbons (Fsp3) is 0.130. The molecule has 0 saturated heterocycles. The summed E-state index contributed by atoms with van der Waals surface area (Å²) in [5.41, 5.74) is 6.40. The predicted molar refractivity (Wildman–Crippen MR) is 119 cm³/mol. The lowest BCUT2D eigenvalue weighted by molar-refractivity contribution is 1.27. The van der Waals surface area contributed by atoms with E-state index in [0.29, 0.717) is 11.6 Å². The van der Waals surface area contributed by atoms with Crippen LogP contribution < -0.4 is 10.0 Å². The standard InChI is InChI=1S/C23H22N4S/c1-15-8-11-18(12-9-15)28-27-23-22(24-19-13-10-16(2)14-17(19)3)25-20-6-4-5-7-21(20)26-23/h4-14H,1-3H3,(H,24,25)(H,26,27). The van der Waals surface area contributed by atoms with Crippen LogP contribution in [-0.4, -0.2) is 9.97 Å². The number of nitrogens with one attached hydrogen (secondary N) is 2. The van der Waals surface area contributed by atoms with E-state index >= 15 is 0 Å². The number of fused-ring (bicyclic) bond motifs is 1. The molecule has 0 bridgehead atoms. The maximum atomic E-state index is 4.81. The van der Waals surface area contributed by atoms with E-state index in [9.17, 15) is 0 Å². The summed E-state index contributed by atoms with van der Waals surface area (Å²) >= 11 is 1.53. The van der Waals surface area contributed by atoms with Crippen LogP contribution >= 0.6 is 11.9 Å². The fourth-order valence-electron chi connectivity index (χ4n) is 2.95. The van der Waals surface area contributed by atoms with E-state index in [1.165, 1.54) is 28.6 Å². The van der Waals surface area contributed by atoms with Gasteiger partial charge in [-0.15, -0.1) is 0 Å². The third-order valence-electron chi connectivity index (χ3n) is 4.49. The molecular formula is C23H22N4S. The largest absolute Gasteiger partial charge is 0.337 e. The maximum absolute atomic E-state index is 4.81. The summed E-state index contributed by atoms with van der Waals surface area (Å²) in [7, 11) is 0. The molecule has 0 atom stereocenters. The number of benzene rings is 3. The van der Waals surface area contributed by atoms with Crippen LogP contribution in [0.5, 0.6) is 0 Å². The average Bonchev–Trinajstić information content (AvgIpc) is 2.69. The van der Waals surface area contributed by atoms with Gasteiger partial charge in [-0.25, -0.2) is 9.97 Å². The number of anilines is 3. The average molecular weight is 387 g/mol. The highest BCUT2D eigenvalue weighted by molar-refractivity contribution is 8.00. The van der Waals surface area contributed by atoms with Gasteiger partial charge in [-0.1, -0.05) is 47.5 Å². The van der Waals surface area contributed by atoms with Crippen molar-refractivity contribution < 1.29 is 0 Å². The third-order valence-corrected chi connectivity index (χ3v) is 5.30. The maximum Gasteiger partial charge on any atom is 0.180 e. The molecule has 5 heteroatoms. The number of rotatable bonds is 5. The monoisotopic (exact) mass is 386 g/mol.